The van der Waals surface area contributed by atoms with Crippen LogP contribution in [0.1, 0.15) is 39.0 Å². The zero-order valence-electron chi connectivity index (χ0n) is 10.4. The molecule has 0 aromatic carbocycles. The highest BCUT2D eigenvalue weighted by molar-refractivity contribution is 5.80. The first-order valence-corrected chi connectivity index (χ1v) is 6.27. The van der Waals surface area contributed by atoms with Crippen LogP contribution < -0.4 is 5.73 Å². The van der Waals surface area contributed by atoms with Gasteiger partial charge >= 0.3 is 5.97 Å². The van der Waals surface area contributed by atoms with Crippen molar-refractivity contribution in [3.05, 3.63) is 0 Å². The second-order valence-corrected chi connectivity index (χ2v) is 4.79. The zero-order valence-corrected chi connectivity index (χ0v) is 10.4. The zero-order chi connectivity index (χ0) is 12.9. The molecular weight excluding hydrogens is 220 g/mol. The Labute approximate surface area is 102 Å². The van der Waals surface area contributed by atoms with E-state index in [2.05, 4.69) is 0 Å². The summed E-state index contributed by atoms with van der Waals surface area (Å²) in [5, 5.41) is 9.31. The molecule has 0 aromatic rings. The first kappa shape index (κ1) is 14.0. The number of nitrogens with two attached hydrogens (primary N) is 1. The lowest BCUT2D eigenvalue weighted by Crippen LogP contribution is -2.37. The summed E-state index contributed by atoms with van der Waals surface area (Å²) in [6, 6.07) is 0. The Morgan fingerprint density at radius 2 is 2.18 bits per heavy atom. The van der Waals surface area contributed by atoms with E-state index < -0.39 is 11.4 Å². The fraction of sp³-hybridized carbons (Fsp3) is 0.833. The maximum atomic E-state index is 11.8. The third-order valence-corrected chi connectivity index (χ3v) is 3.48. The largest absolute Gasteiger partial charge is 0.481 e. The number of carbonyl (C=O) groups excluding carboxylic acids is 1. The molecule has 1 heterocycles. The molecule has 3 N–H and O–H groups in total. The first-order chi connectivity index (χ1) is 8.05. The third-order valence-electron chi connectivity index (χ3n) is 3.48. The quantitative estimate of drug-likeness (QED) is 0.722. The Balaban J connectivity index is 2.60. The van der Waals surface area contributed by atoms with Crippen LogP contribution in [0.25, 0.3) is 0 Å². The van der Waals surface area contributed by atoms with Gasteiger partial charge < -0.3 is 15.7 Å². The average molecular weight is 242 g/mol. The summed E-state index contributed by atoms with van der Waals surface area (Å²) in [4.78, 5) is 24.8. The number of hydrogen-bond donors (Lipinski definition) is 2. The Hall–Kier alpha value is -1.10. The summed E-state index contributed by atoms with van der Waals surface area (Å²) in [5.74, 6) is -0.733. The molecule has 17 heavy (non-hydrogen) atoms. The van der Waals surface area contributed by atoms with Crippen LogP contribution in [0, 0.1) is 5.41 Å². The molecule has 0 aromatic heterocycles. The highest BCUT2D eigenvalue weighted by Crippen LogP contribution is 2.35. The first-order valence-electron chi connectivity index (χ1n) is 6.27. The van der Waals surface area contributed by atoms with E-state index in [1.807, 2.05) is 6.92 Å². The van der Waals surface area contributed by atoms with Crippen molar-refractivity contribution in [1.29, 1.82) is 0 Å². The molecule has 0 spiro atoms. The van der Waals surface area contributed by atoms with Gasteiger partial charge in [0.05, 0.1) is 5.41 Å². The molecule has 1 amide bonds. The predicted octanol–water partition coefficient (Wildman–Crippen LogP) is 0.829. The third kappa shape index (κ3) is 3.19. The highest BCUT2D eigenvalue weighted by atomic mass is 16.4. The van der Waals surface area contributed by atoms with Gasteiger partial charge in [-0.3, -0.25) is 9.59 Å². The van der Waals surface area contributed by atoms with E-state index in [0.717, 1.165) is 6.42 Å². The topological polar surface area (TPSA) is 83.6 Å². The van der Waals surface area contributed by atoms with Gasteiger partial charge in [-0.05, 0) is 25.8 Å². The molecule has 0 saturated carbocycles. The van der Waals surface area contributed by atoms with Crippen molar-refractivity contribution in [3.63, 3.8) is 0 Å². The number of amides is 1. The Bertz CT molecular complexity index is 293. The van der Waals surface area contributed by atoms with E-state index in [0.29, 0.717) is 45.3 Å². The molecule has 1 saturated heterocycles. The van der Waals surface area contributed by atoms with Gasteiger partial charge in [0.2, 0.25) is 5.91 Å². The Morgan fingerprint density at radius 3 is 2.71 bits per heavy atom. The smallest absolute Gasteiger partial charge is 0.311 e. The van der Waals surface area contributed by atoms with Crippen LogP contribution in [0.5, 0.6) is 0 Å². The van der Waals surface area contributed by atoms with E-state index in [1.165, 1.54) is 0 Å². The van der Waals surface area contributed by atoms with Crippen LogP contribution in [0.15, 0.2) is 0 Å². The number of nitrogens with zero attached hydrogens (tertiary/aromatic N) is 1. The number of hydrogen-bond acceptors (Lipinski definition) is 3. The monoisotopic (exact) mass is 242 g/mol. The number of carboxylic acid groups (broad SMARTS) is 1. The summed E-state index contributed by atoms with van der Waals surface area (Å²) in [5.41, 5.74) is 4.64. The highest BCUT2D eigenvalue weighted by Gasteiger charge is 2.45. The molecule has 0 aliphatic carbocycles. The standard InChI is InChI=1S/C12H22N2O3/c1-2-5-12(11(16)17)6-8-14(9-12)10(15)4-3-7-13/h2-9,13H2,1H3,(H,16,17). The minimum absolute atomic E-state index is 0.0367. The molecule has 0 bridgehead atoms. The summed E-state index contributed by atoms with van der Waals surface area (Å²) in [7, 11) is 0. The van der Waals surface area contributed by atoms with Crippen molar-refractivity contribution in [2.24, 2.45) is 11.1 Å². The van der Waals surface area contributed by atoms with Gasteiger partial charge in [0.15, 0.2) is 0 Å². The molecule has 1 rings (SSSR count). The number of aliphatic carboxylic acids is 1. The van der Waals surface area contributed by atoms with E-state index in [9.17, 15) is 14.7 Å². The van der Waals surface area contributed by atoms with Crippen molar-refractivity contribution in [1.82, 2.24) is 4.90 Å². The molecule has 1 fully saturated rings. The van der Waals surface area contributed by atoms with Gasteiger partial charge in [0.25, 0.3) is 0 Å². The lowest BCUT2D eigenvalue weighted by Gasteiger charge is -2.24. The van der Waals surface area contributed by atoms with Crippen molar-refractivity contribution in [2.75, 3.05) is 19.6 Å². The SMILES string of the molecule is CCCC1(C(=O)O)CCN(C(=O)CCCN)C1. The molecule has 0 radical (unpaired) electrons. The van der Waals surface area contributed by atoms with E-state index >= 15 is 0 Å². The minimum atomic E-state index is -0.770. The van der Waals surface area contributed by atoms with Crippen LogP contribution in [-0.2, 0) is 9.59 Å². The average Bonchev–Trinajstić information content (AvgIpc) is 2.72. The fourth-order valence-corrected chi connectivity index (χ4v) is 2.46. The van der Waals surface area contributed by atoms with Crippen molar-refractivity contribution in [3.8, 4) is 0 Å². The molecule has 98 valence electrons. The van der Waals surface area contributed by atoms with Gasteiger partial charge in [-0.15, -0.1) is 0 Å². The van der Waals surface area contributed by atoms with Crippen molar-refractivity contribution in [2.45, 2.75) is 39.0 Å². The molecule has 1 unspecified atom stereocenters. The maximum Gasteiger partial charge on any atom is 0.311 e. The molecule has 1 aliphatic rings. The lowest BCUT2D eigenvalue weighted by atomic mass is 9.83. The van der Waals surface area contributed by atoms with Gasteiger partial charge in [-0.2, -0.15) is 0 Å². The molecule has 1 aliphatic heterocycles. The Kier molecular flexibility index (Phi) is 4.93. The molecular formula is C12H22N2O3. The normalized spacial score (nSPS) is 24.0. The van der Waals surface area contributed by atoms with Gasteiger partial charge in [0, 0.05) is 19.5 Å². The van der Waals surface area contributed by atoms with Crippen LogP contribution in [0.4, 0.5) is 0 Å². The maximum absolute atomic E-state index is 11.8. The number of likely N-dealkylation sites (tertiary alicyclic amines) is 1. The summed E-state index contributed by atoms with van der Waals surface area (Å²) in [6.07, 6.45) is 3.15. The minimum Gasteiger partial charge on any atom is -0.481 e. The summed E-state index contributed by atoms with van der Waals surface area (Å²) < 4.78 is 0. The van der Waals surface area contributed by atoms with E-state index in [-0.39, 0.29) is 5.91 Å². The summed E-state index contributed by atoms with van der Waals surface area (Å²) in [6.45, 7) is 3.40. The van der Waals surface area contributed by atoms with Crippen LogP contribution in [0.3, 0.4) is 0 Å². The van der Waals surface area contributed by atoms with Gasteiger partial charge in [0.1, 0.15) is 0 Å². The lowest BCUT2D eigenvalue weighted by molar-refractivity contribution is -0.149. The van der Waals surface area contributed by atoms with Crippen LogP contribution >= 0.6 is 0 Å². The Morgan fingerprint density at radius 1 is 1.47 bits per heavy atom. The predicted molar refractivity (Wildman–Crippen MR) is 64.5 cm³/mol. The van der Waals surface area contributed by atoms with E-state index in [1.54, 1.807) is 4.90 Å². The van der Waals surface area contributed by atoms with Crippen LogP contribution in [-0.4, -0.2) is 41.5 Å². The second kappa shape index (κ2) is 6.00. The number of carboxylic acids is 1. The number of carbonyl (C=O) groups is 2. The fourth-order valence-electron chi connectivity index (χ4n) is 2.46. The van der Waals surface area contributed by atoms with Crippen molar-refractivity contribution >= 4 is 11.9 Å². The van der Waals surface area contributed by atoms with Crippen molar-refractivity contribution < 1.29 is 14.7 Å². The molecule has 1 atom stereocenters. The van der Waals surface area contributed by atoms with Gasteiger partial charge in [-0.1, -0.05) is 13.3 Å². The van der Waals surface area contributed by atoms with E-state index in [4.69, 9.17) is 5.73 Å². The molecule has 5 heteroatoms. The van der Waals surface area contributed by atoms with Gasteiger partial charge in [-0.25, -0.2) is 0 Å². The molecule has 5 nitrogen and oxygen atoms in total. The van der Waals surface area contributed by atoms with Crippen LogP contribution in [0.2, 0.25) is 0 Å². The summed E-state index contributed by atoms with van der Waals surface area (Å²) >= 11 is 0. The number of rotatable bonds is 6. The second-order valence-electron chi connectivity index (χ2n) is 4.79.